The van der Waals surface area contributed by atoms with E-state index in [0.29, 0.717) is 34.7 Å². The first-order valence-corrected chi connectivity index (χ1v) is 12.1. The Balaban J connectivity index is 1.50. The van der Waals surface area contributed by atoms with E-state index >= 15 is 0 Å². The first-order chi connectivity index (χ1) is 16.5. The summed E-state index contributed by atoms with van der Waals surface area (Å²) in [6.45, 7) is 0.493. The van der Waals surface area contributed by atoms with Crippen molar-refractivity contribution in [3.05, 3.63) is 59.9 Å². The highest BCUT2D eigenvalue weighted by molar-refractivity contribution is 7.92. The number of sulfonamides is 1. The second kappa shape index (κ2) is 8.76. The highest BCUT2D eigenvalue weighted by atomic mass is 32.2. The Labute approximate surface area is 196 Å². The molecule has 1 N–H and O–H groups in total. The van der Waals surface area contributed by atoms with Gasteiger partial charge in [0.05, 0.1) is 20.8 Å². The number of hydrogen-bond acceptors (Lipinski definition) is 7. The van der Waals surface area contributed by atoms with Crippen LogP contribution in [0.15, 0.2) is 58.2 Å². The van der Waals surface area contributed by atoms with Gasteiger partial charge in [0.2, 0.25) is 0 Å². The van der Waals surface area contributed by atoms with Crippen molar-refractivity contribution in [2.24, 2.45) is 5.92 Å². The predicted octanol–water partition coefficient (Wildman–Crippen LogP) is 3.65. The van der Waals surface area contributed by atoms with Gasteiger partial charge in [0, 0.05) is 23.9 Å². The smallest absolute Gasteiger partial charge is 0.266 e. The summed E-state index contributed by atoms with van der Waals surface area (Å²) in [6.07, 6.45) is 5.70. The summed E-state index contributed by atoms with van der Waals surface area (Å²) >= 11 is 0. The number of ether oxygens (including phenoxy) is 2. The molecule has 10 heteroatoms. The molecule has 9 nitrogen and oxygen atoms in total. The maximum absolute atomic E-state index is 13.3. The average Bonchev–Trinajstić information content (AvgIpc) is 3.38. The van der Waals surface area contributed by atoms with Crippen molar-refractivity contribution in [3.8, 4) is 23.3 Å². The van der Waals surface area contributed by atoms with E-state index in [1.807, 2.05) is 12.3 Å². The minimum absolute atomic E-state index is 0.0222. The van der Waals surface area contributed by atoms with Crippen molar-refractivity contribution in [3.63, 3.8) is 0 Å². The molecular weight excluding hydrogens is 456 g/mol. The molecule has 174 valence electrons. The molecule has 1 saturated carbocycles. The Morgan fingerprint density at radius 1 is 1.18 bits per heavy atom. The summed E-state index contributed by atoms with van der Waals surface area (Å²) < 4.78 is 47.2. The van der Waals surface area contributed by atoms with Crippen molar-refractivity contribution in [1.29, 1.82) is 0 Å². The van der Waals surface area contributed by atoms with Crippen molar-refractivity contribution in [2.45, 2.75) is 24.3 Å². The molecule has 0 amide bonds. The molecule has 34 heavy (non-hydrogen) atoms. The van der Waals surface area contributed by atoms with E-state index in [1.54, 1.807) is 35.1 Å². The molecule has 1 aliphatic carbocycles. The Bertz CT molecular complexity index is 1510. The number of fused-ring (bicyclic) bond motifs is 1. The maximum atomic E-state index is 13.3. The molecule has 4 aromatic rings. The van der Waals surface area contributed by atoms with Crippen LogP contribution in [0.2, 0.25) is 0 Å². The second-order valence-corrected chi connectivity index (χ2v) is 9.57. The molecule has 2 heterocycles. The number of rotatable bonds is 7. The summed E-state index contributed by atoms with van der Waals surface area (Å²) in [5, 5.41) is 8.58. The lowest BCUT2D eigenvalue weighted by atomic mass is 10.1. The lowest BCUT2D eigenvalue weighted by Crippen LogP contribution is -2.15. The minimum Gasteiger partial charge on any atom is -0.496 e. The van der Waals surface area contributed by atoms with Gasteiger partial charge in [0.25, 0.3) is 10.0 Å². The molecule has 2 aromatic heterocycles. The van der Waals surface area contributed by atoms with E-state index < -0.39 is 10.0 Å². The fourth-order valence-electron chi connectivity index (χ4n) is 3.55. The van der Waals surface area contributed by atoms with Gasteiger partial charge in [-0.15, -0.1) is 0 Å². The van der Waals surface area contributed by atoms with Gasteiger partial charge in [-0.1, -0.05) is 17.0 Å². The zero-order chi connectivity index (χ0) is 23.7. The maximum Gasteiger partial charge on any atom is 0.266 e. The molecule has 0 aliphatic heterocycles. The molecular formula is C24H22N4O5S. The van der Waals surface area contributed by atoms with E-state index in [-0.39, 0.29) is 16.5 Å². The Morgan fingerprint density at radius 3 is 2.71 bits per heavy atom. The van der Waals surface area contributed by atoms with Gasteiger partial charge in [0.1, 0.15) is 21.8 Å². The predicted molar refractivity (Wildman–Crippen MR) is 125 cm³/mol. The monoisotopic (exact) mass is 478 g/mol. The van der Waals surface area contributed by atoms with Crippen LogP contribution in [0.3, 0.4) is 0 Å². The number of hydrogen-bond donors (Lipinski definition) is 1. The van der Waals surface area contributed by atoms with E-state index in [0.717, 1.165) is 18.4 Å². The molecule has 2 aromatic carbocycles. The summed E-state index contributed by atoms with van der Waals surface area (Å²) in [7, 11) is -1.15. The minimum atomic E-state index is -4.07. The average molecular weight is 479 g/mol. The first kappa shape index (κ1) is 21.9. The Morgan fingerprint density at radius 2 is 2.00 bits per heavy atom. The molecule has 0 atom stereocenters. The van der Waals surface area contributed by atoms with E-state index in [1.165, 1.54) is 20.3 Å². The van der Waals surface area contributed by atoms with Gasteiger partial charge in [-0.05, 0) is 54.8 Å². The van der Waals surface area contributed by atoms with Crippen LogP contribution in [0.4, 0.5) is 5.82 Å². The quantitative estimate of drug-likeness (QED) is 0.404. The summed E-state index contributed by atoms with van der Waals surface area (Å²) in [5.41, 5.74) is 1.84. The fourth-order valence-corrected chi connectivity index (χ4v) is 4.75. The zero-order valence-electron chi connectivity index (χ0n) is 18.6. The number of methoxy groups -OCH3 is 2. The molecule has 0 spiro atoms. The van der Waals surface area contributed by atoms with E-state index in [4.69, 9.17) is 14.0 Å². The van der Waals surface area contributed by atoms with Crippen molar-refractivity contribution in [2.75, 3.05) is 18.9 Å². The van der Waals surface area contributed by atoms with Crippen LogP contribution in [0.1, 0.15) is 24.0 Å². The number of benzene rings is 2. The number of nitrogens with zero attached hydrogens (tertiary/aromatic N) is 3. The van der Waals surface area contributed by atoms with Crippen LogP contribution in [0.25, 0.3) is 11.0 Å². The van der Waals surface area contributed by atoms with Gasteiger partial charge in [-0.2, -0.15) is 5.10 Å². The van der Waals surface area contributed by atoms with Gasteiger partial charge < -0.3 is 14.0 Å². The number of anilines is 1. The van der Waals surface area contributed by atoms with E-state index in [9.17, 15) is 8.42 Å². The van der Waals surface area contributed by atoms with E-state index in [2.05, 4.69) is 26.8 Å². The first-order valence-electron chi connectivity index (χ1n) is 10.6. The van der Waals surface area contributed by atoms with Crippen LogP contribution in [0.5, 0.6) is 11.5 Å². The second-order valence-electron chi connectivity index (χ2n) is 7.92. The van der Waals surface area contributed by atoms with Crippen molar-refractivity contribution < 1.29 is 22.4 Å². The van der Waals surface area contributed by atoms with Crippen LogP contribution in [0, 0.1) is 17.8 Å². The third-order valence-electron chi connectivity index (χ3n) is 5.40. The normalized spacial score (nSPS) is 13.4. The third kappa shape index (κ3) is 4.43. The highest BCUT2D eigenvalue weighted by Crippen LogP contribution is 2.36. The standard InChI is InChI=1S/C24H22N4O5S/c1-31-19-9-8-17(7-6-16-4-5-16)14-22(19)34(29,30)27-24-23-20(32-2)12-18(13-21(23)33-26-24)15-28-11-3-10-25-28/h3,8-14,16H,4-5,15H2,1-2H3,(H,26,27). The largest absolute Gasteiger partial charge is 0.496 e. The molecule has 5 rings (SSSR count). The molecule has 0 unspecified atom stereocenters. The lowest BCUT2D eigenvalue weighted by Gasteiger charge is -2.11. The molecule has 0 radical (unpaired) electrons. The molecule has 1 fully saturated rings. The third-order valence-corrected chi connectivity index (χ3v) is 6.76. The molecule has 0 bridgehead atoms. The number of nitrogens with one attached hydrogen (secondary N) is 1. The van der Waals surface area contributed by atoms with Gasteiger partial charge in [-0.25, -0.2) is 8.42 Å². The zero-order valence-corrected chi connectivity index (χ0v) is 19.4. The topological polar surface area (TPSA) is 108 Å². The number of aromatic nitrogens is 3. The summed E-state index contributed by atoms with van der Waals surface area (Å²) in [4.78, 5) is -0.0389. The van der Waals surface area contributed by atoms with Crippen LogP contribution < -0.4 is 14.2 Å². The molecule has 1 aliphatic rings. The van der Waals surface area contributed by atoms with Crippen LogP contribution in [-0.4, -0.2) is 37.6 Å². The summed E-state index contributed by atoms with van der Waals surface area (Å²) in [6, 6.07) is 10.2. The molecule has 0 saturated heterocycles. The van der Waals surface area contributed by atoms with Crippen LogP contribution >= 0.6 is 0 Å². The highest BCUT2D eigenvalue weighted by Gasteiger charge is 2.25. The van der Waals surface area contributed by atoms with Gasteiger partial charge in [0.15, 0.2) is 11.4 Å². The van der Waals surface area contributed by atoms with Crippen LogP contribution in [-0.2, 0) is 16.6 Å². The Hall–Kier alpha value is -3.97. The van der Waals surface area contributed by atoms with Gasteiger partial charge >= 0.3 is 0 Å². The summed E-state index contributed by atoms with van der Waals surface area (Å²) in [5.74, 6) is 7.22. The van der Waals surface area contributed by atoms with Crippen molar-refractivity contribution >= 4 is 26.8 Å². The van der Waals surface area contributed by atoms with Gasteiger partial charge in [-0.3, -0.25) is 9.40 Å². The van der Waals surface area contributed by atoms with Crippen molar-refractivity contribution in [1.82, 2.24) is 14.9 Å². The SMILES string of the molecule is COc1ccc(C#CC2CC2)cc1S(=O)(=O)Nc1noc2cc(Cn3cccn3)cc(OC)c12. The fraction of sp³-hybridized carbons (Fsp3) is 0.250. The lowest BCUT2D eigenvalue weighted by molar-refractivity contribution is 0.403. The Kier molecular flexibility index (Phi) is 5.63.